The smallest absolute Gasteiger partial charge is 0.333 e. The van der Waals surface area contributed by atoms with Gasteiger partial charge in [-0.3, -0.25) is 4.79 Å². The normalized spacial score (nSPS) is 12.3. The molecule has 0 saturated carbocycles. The summed E-state index contributed by atoms with van der Waals surface area (Å²) in [5, 5.41) is 0. The monoisotopic (exact) mass is 326 g/mol. The fourth-order valence-corrected chi connectivity index (χ4v) is 2.59. The van der Waals surface area contributed by atoms with Crippen molar-refractivity contribution in [2.24, 2.45) is 0 Å². The Morgan fingerprint density at radius 1 is 1.23 bits per heavy atom. The summed E-state index contributed by atoms with van der Waals surface area (Å²) in [5.41, 5.74) is 0.227. The standard InChI is InChI=1S/C15H18O6S/c1-11(2)15(17)20-9-12(3)21-14(16)10-22(18,19)13-7-5-4-6-8-13/h4-8,12H,1,9-10H2,2-3H3. The Morgan fingerprint density at radius 3 is 2.36 bits per heavy atom. The van der Waals surface area contributed by atoms with E-state index in [4.69, 9.17) is 9.47 Å². The SMILES string of the molecule is C=C(C)C(=O)OCC(C)OC(=O)CS(=O)(=O)c1ccccc1. The van der Waals surface area contributed by atoms with E-state index in [2.05, 4.69) is 6.58 Å². The molecule has 0 aliphatic rings. The molecule has 0 N–H and O–H groups in total. The molecule has 7 heteroatoms. The lowest BCUT2D eigenvalue weighted by Crippen LogP contribution is -2.26. The van der Waals surface area contributed by atoms with Gasteiger partial charge in [-0.2, -0.15) is 0 Å². The molecule has 0 amide bonds. The molecule has 22 heavy (non-hydrogen) atoms. The molecule has 0 fully saturated rings. The maximum Gasteiger partial charge on any atom is 0.333 e. The fourth-order valence-electron chi connectivity index (χ4n) is 1.47. The van der Waals surface area contributed by atoms with Crippen molar-refractivity contribution in [2.45, 2.75) is 24.8 Å². The molecule has 120 valence electrons. The van der Waals surface area contributed by atoms with Crippen LogP contribution in [0.1, 0.15) is 13.8 Å². The molecule has 0 saturated heterocycles. The quantitative estimate of drug-likeness (QED) is 0.557. The topological polar surface area (TPSA) is 86.7 Å². The van der Waals surface area contributed by atoms with Crippen LogP contribution in [0.15, 0.2) is 47.4 Å². The zero-order valence-corrected chi connectivity index (χ0v) is 13.3. The van der Waals surface area contributed by atoms with E-state index in [0.717, 1.165) is 0 Å². The zero-order valence-electron chi connectivity index (χ0n) is 12.4. The number of rotatable bonds is 7. The van der Waals surface area contributed by atoms with Crippen LogP contribution in [0.4, 0.5) is 0 Å². The maximum absolute atomic E-state index is 12.0. The highest BCUT2D eigenvalue weighted by molar-refractivity contribution is 7.92. The summed E-state index contributed by atoms with van der Waals surface area (Å²) in [6.45, 7) is 6.24. The molecule has 0 spiro atoms. The van der Waals surface area contributed by atoms with Crippen LogP contribution in [-0.2, 0) is 28.9 Å². The van der Waals surface area contributed by atoms with E-state index in [1.165, 1.54) is 26.0 Å². The van der Waals surface area contributed by atoms with E-state index in [1.807, 2.05) is 0 Å². The average molecular weight is 326 g/mol. The predicted octanol–water partition coefficient (Wildman–Crippen LogP) is 1.51. The summed E-state index contributed by atoms with van der Waals surface area (Å²) in [4.78, 5) is 22.9. The van der Waals surface area contributed by atoms with E-state index in [9.17, 15) is 18.0 Å². The first-order chi connectivity index (χ1) is 10.2. The van der Waals surface area contributed by atoms with Gasteiger partial charge in [0.15, 0.2) is 15.6 Å². The number of ether oxygens (including phenoxy) is 2. The van der Waals surface area contributed by atoms with Crippen molar-refractivity contribution >= 4 is 21.8 Å². The minimum Gasteiger partial charge on any atom is -0.458 e. The first kappa shape index (κ1) is 17.9. The van der Waals surface area contributed by atoms with Crippen LogP contribution < -0.4 is 0 Å². The van der Waals surface area contributed by atoms with E-state index in [1.54, 1.807) is 18.2 Å². The molecule has 1 aromatic carbocycles. The minimum absolute atomic E-state index is 0.0494. The Labute approximate surface area is 129 Å². The number of carbonyl (C=O) groups is 2. The van der Waals surface area contributed by atoms with Gasteiger partial charge in [0.2, 0.25) is 0 Å². The molecular formula is C15H18O6S. The van der Waals surface area contributed by atoms with Crippen LogP contribution in [0.5, 0.6) is 0 Å². The third kappa shape index (κ3) is 5.69. The molecule has 0 aliphatic heterocycles. The van der Waals surface area contributed by atoms with Gasteiger partial charge < -0.3 is 9.47 Å². The van der Waals surface area contributed by atoms with Crippen LogP contribution in [0.3, 0.4) is 0 Å². The Bertz CT molecular complexity index is 648. The number of hydrogen-bond donors (Lipinski definition) is 0. The summed E-state index contributed by atoms with van der Waals surface area (Å²) >= 11 is 0. The number of esters is 2. The van der Waals surface area contributed by atoms with Gasteiger partial charge in [-0.15, -0.1) is 0 Å². The van der Waals surface area contributed by atoms with Gasteiger partial charge in [0.05, 0.1) is 4.90 Å². The average Bonchev–Trinajstić information content (AvgIpc) is 2.44. The van der Waals surface area contributed by atoms with E-state index in [0.29, 0.717) is 0 Å². The Kier molecular flexibility index (Phi) is 6.30. The number of sulfone groups is 1. The van der Waals surface area contributed by atoms with Crippen molar-refractivity contribution in [2.75, 3.05) is 12.4 Å². The molecule has 1 aromatic rings. The highest BCUT2D eigenvalue weighted by Crippen LogP contribution is 2.10. The highest BCUT2D eigenvalue weighted by Gasteiger charge is 2.22. The Morgan fingerprint density at radius 2 is 1.82 bits per heavy atom. The van der Waals surface area contributed by atoms with Crippen molar-refractivity contribution in [3.05, 3.63) is 42.5 Å². The summed E-state index contributed by atoms with van der Waals surface area (Å²) in [7, 11) is -3.75. The lowest BCUT2D eigenvalue weighted by molar-refractivity contribution is -0.153. The first-order valence-electron chi connectivity index (χ1n) is 6.52. The summed E-state index contributed by atoms with van der Waals surface area (Å²) < 4.78 is 33.7. The van der Waals surface area contributed by atoms with Crippen LogP contribution in [-0.4, -0.2) is 38.8 Å². The second-order valence-corrected chi connectivity index (χ2v) is 6.74. The third-order valence-electron chi connectivity index (χ3n) is 2.54. The molecule has 0 radical (unpaired) electrons. The summed E-state index contributed by atoms with van der Waals surface area (Å²) in [6.07, 6.45) is -0.748. The van der Waals surface area contributed by atoms with Gasteiger partial charge in [-0.1, -0.05) is 24.8 Å². The van der Waals surface area contributed by atoms with Crippen LogP contribution in [0.25, 0.3) is 0 Å². The molecule has 0 aromatic heterocycles. The molecule has 1 rings (SSSR count). The van der Waals surface area contributed by atoms with Gasteiger partial charge in [0, 0.05) is 5.57 Å². The molecule has 1 unspecified atom stereocenters. The number of carbonyl (C=O) groups excluding carboxylic acids is 2. The van der Waals surface area contributed by atoms with Crippen molar-refractivity contribution in [1.29, 1.82) is 0 Å². The van der Waals surface area contributed by atoms with Gasteiger partial charge in [-0.25, -0.2) is 13.2 Å². The summed E-state index contributed by atoms with van der Waals surface area (Å²) in [6, 6.07) is 7.62. The van der Waals surface area contributed by atoms with Gasteiger partial charge in [0.25, 0.3) is 0 Å². The molecule has 1 atom stereocenters. The van der Waals surface area contributed by atoms with Crippen LogP contribution >= 0.6 is 0 Å². The molecular weight excluding hydrogens is 308 g/mol. The van der Waals surface area contributed by atoms with Crippen molar-refractivity contribution in [1.82, 2.24) is 0 Å². The van der Waals surface area contributed by atoms with E-state index >= 15 is 0 Å². The van der Waals surface area contributed by atoms with Crippen molar-refractivity contribution in [3.8, 4) is 0 Å². The number of hydrogen-bond acceptors (Lipinski definition) is 6. The first-order valence-corrected chi connectivity index (χ1v) is 8.17. The molecule has 0 bridgehead atoms. The second kappa shape index (κ2) is 7.74. The lowest BCUT2D eigenvalue weighted by Gasteiger charge is -2.13. The van der Waals surface area contributed by atoms with E-state index in [-0.39, 0.29) is 17.1 Å². The predicted molar refractivity (Wildman–Crippen MR) is 79.8 cm³/mol. The minimum atomic E-state index is -3.75. The Balaban J connectivity index is 2.52. The van der Waals surface area contributed by atoms with Crippen LogP contribution in [0, 0.1) is 0 Å². The molecule has 0 heterocycles. The van der Waals surface area contributed by atoms with Gasteiger partial charge >= 0.3 is 11.9 Å². The maximum atomic E-state index is 12.0. The molecule has 6 nitrogen and oxygen atoms in total. The van der Waals surface area contributed by atoms with Crippen LogP contribution in [0.2, 0.25) is 0 Å². The van der Waals surface area contributed by atoms with E-state index < -0.39 is 33.6 Å². The third-order valence-corrected chi connectivity index (χ3v) is 4.15. The largest absolute Gasteiger partial charge is 0.458 e. The van der Waals surface area contributed by atoms with Crippen molar-refractivity contribution in [3.63, 3.8) is 0 Å². The van der Waals surface area contributed by atoms with Crippen molar-refractivity contribution < 1.29 is 27.5 Å². The lowest BCUT2D eigenvalue weighted by atomic mass is 10.3. The van der Waals surface area contributed by atoms with Gasteiger partial charge in [-0.05, 0) is 26.0 Å². The highest BCUT2D eigenvalue weighted by atomic mass is 32.2. The van der Waals surface area contributed by atoms with Gasteiger partial charge in [0.1, 0.15) is 12.7 Å². The Hall–Kier alpha value is -2.15. The second-order valence-electron chi connectivity index (χ2n) is 4.75. The number of benzene rings is 1. The molecule has 0 aliphatic carbocycles. The summed E-state index contributed by atoms with van der Waals surface area (Å²) in [5.74, 6) is -2.27. The zero-order chi connectivity index (χ0) is 16.8. The fraction of sp³-hybridized carbons (Fsp3) is 0.333.